The van der Waals surface area contributed by atoms with Crippen LogP contribution in [0.5, 0.6) is 0 Å². The zero-order valence-corrected chi connectivity index (χ0v) is 13.1. The second-order valence-corrected chi connectivity index (χ2v) is 6.91. The van der Waals surface area contributed by atoms with Gasteiger partial charge in [-0.1, -0.05) is 25.7 Å². The van der Waals surface area contributed by atoms with Crippen LogP contribution in [0.1, 0.15) is 44.9 Å². The molecule has 0 aromatic rings. The summed E-state index contributed by atoms with van der Waals surface area (Å²) in [4.78, 5) is 16.2. The van der Waals surface area contributed by atoms with Gasteiger partial charge in [-0.15, -0.1) is 0 Å². The van der Waals surface area contributed by atoms with Crippen molar-refractivity contribution in [3.63, 3.8) is 0 Å². The third-order valence-electron chi connectivity index (χ3n) is 4.91. The summed E-state index contributed by atoms with van der Waals surface area (Å²) in [6.07, 6.45) is 7.58. The number of hydrogen-bond acceptors (Lipinski definition) is 3. The molecular formula is C16H30N2O2. The van der Waals surface area contributed by atoms with Crippen molar-refractivity contribution in [2.75, 3.05) is 33.7 Å². The monoisotopic (exact) mass is 282 g/mol. The third kappa shape index (κ3) is 4.45. The van der Waals surface area contributed by atoms with Crippen LogP contribution in [0.4, 0.5) is 0 Å². The van der Waals surface area contributed by atoms with Crippen LogP contribution >= 0.6 is 0 Å². The fraction of sp³-hybridized carbons (Fsp3) is 0.938. The van der Waals surface area contributed by atoms with Crippen molar-refractivity contribution in [1.82, 2.24) is 9.80 Å². The molecule has 0 aromatic carbocycles. The van der Waals surface area contributed by atoms with Gasteiger partial charge in [-0.05, 0) is 32.9 Å². The van der Waals surface area contributed by atoms with Crippen molar-refractivity contribution in [2.24, 2.45) is 11.8 Å². The summed E-state index contributed by atoms with van der Waals surface area (Å²) in [6.45, 7) is 2.26. The molecule has 2 atom stereocenters. The average Bonchev–Trinajstić information content (AvgIpc) is 2.91. The van der Waals surface area contributed by atoms with E-state index in [1.165, 1.54) is 25.7 Å². The van der Waals surface area contributed by atoms with Crippen LogP contribution in [0.25, 0.3) is 0 Å². The Kier molecular flexibility index (Phi) is 5.85. The number of carbonyl (C=O) groups excluding carboxylic acids is 1. The molecule has 4 heteroatoms. The predicted molar refractivity (Wildman–Crippen MR) is 80.4 cm³/mol. The molecule has 20 heavy (non-hydrogen) atoms. The van der Waals surface area contributed by atoms with Crippen molar-refractivity contribution in [3.8, 4) is 0 Å². The van der Waals surface area contributed by atoms with E-state index in [4.69, 9.17) is 0 Å². The van der Waals surface area contributed by atoms with Crippen LogP contribution in [-0.4, -0.2) is 60.6 Å². The normalized spacial score (nSPS) is 28.3. The van der Waals surface area contributed by atoms with Crippen LogP contribution in [0.2, 0.25) is 0 Å². The number of carbonyl (C=O) groups is 1. The van der Waals surface area contributed by atoms with Gasteiger partial charge < -0.3 is 14.9 Å². The standard InChI is InChI=1S/C16H30N2O2/c1-17(2)11-14-9-10-18(12-15(14)19)16(20)8-7-13-5-3-4-6-13/h13-15,19H,3-12H2,1-2H3/t14-,15+/m1/s1. The lowest BCUT2D eigenvalue weighted by atomic mass is 9.93. The maximum atomic E-state index is 12.2. The molecule has 4 nitrogen and oxygen atoms in total. The molecule has 0 unspecified atom stereocenters. The number of rotatable bonds is 5. The minimum atomic E-state index is -0.360. The van der Waals surface area contributed by atoms with Crippen molar-refractivity contribution in [1.29, 1.82) is 0 Å². The van der Waals surface area contributed by atoms with E-state index in [1.54, 1.807) is 0 Å². The lowest BCUT2D eigenvalue weighted by molar-refractivity contribution is -0.136. The van der Waals surface area contributed by atoms with E-state index >= 15 is 0 Å². The SMILES string of the molecule is CN(C)C[C@H]1CCN(C(=O)CCC2CCCC2)C[C@@H]1O. The van der Waals surface area contributed by atoms with E-state index < -0.39 is 0 Å². The molecule has 2 rings (SSSR count). The molecule has 1 aliphatic heterocycles. The molecule has 1 saturated heterocycles. The van der Waals surface area contributed by atoms with Crippen LogP contribution in [0.3, 0.4) is 0 Å². The van der Waals surface area contributed by atoms with E-state index in [0.29, 0.717) is 18.9 Å². The van der Waals surface area contributed by atoms with Crippen molar-refractivity contribution >= 4 is 5.91 Å². The van der Waals surface area contributed by atoms with E-state index in [1.807, 2.05) is 19.0 Å². The van der Waals surface area contributed by atoms with Gasteiger partial charge in [-0.3, -0.25) is 4.79 Å². The Balaban J connectivity index is 1.72. The van der Waals surface area contributed by atoms with Gasteiger partial charge in [-0.2, -0.15) is 0 Å². The largest absolute Gasteiger partial charge is 0.391 e. The molecule has 0 aromatic heterocycles. The Morgan fingerprint density at radius 3 is 2.55 bits per heavy atom. The van der Waals surface area contributed by atoms with Gasteiger partial charge in [0.1, 0.15) is 0 Å². The first-order valence-electron chi connectivity index (χ1n) is 8.17. The summed E-state index contributed by atoms with van der Waals surface area (Å²) in [5, 5.41) is 10.2. The van der Waals surface area contributed by atoms with Crippen molar-refractivity contribution in [2.45, 2.75) is 51.0 Å². The highest BCUT2D eigenvalue weighted by Gasteiger charge is 2.30. The molecule has 0 spiro atoms. The molecule has 0 bridgehead atoms. The first kappa shape index (κ1) is 15.8. The van der Waals surface area contributed by atoms with Gasteiger partial charge in [0.15, 0.2) is 0 Å². The molecule has 1 N–H and O–H groups in total. The molecular weight excluding hydrogens is 252 g/mol. The molecule has 0 radical (unpaired) electrons. The topological polar surface area (TPSA) is 43.8 Å². The fourth-order valence-corrected chi connectivity index (χ4v) is 3.67. The Bertz CT molecular complexity index is 314. The molecule has 1 amide bonds. The Morgan fingerprint density at radius 2 is 1.95 bits per heavy atom. The van der Waals surface area contributed by atoms with E-state index in [-0.39, 0.29) is 12.0 Å². The summed E-state index contributed by atoms with van der Waals surface area (Å²) >= 11 is 0. The molecule has 1 aliphatic carbocycles. The smallest absolute Gasteiger partial charge is 0.222 e. The number of aliphatic hydroxyl groups is 1. The Morgan fingerprint density at radius 1 is 1.25 bits per heavy atom. The quantitative estimate of drug-likeness (QED) is 0.835. The zero-order chi connectivity index (χ0) is 14.5. The number of piperidine rings is 1. The number of likely N-dealkylation sites (tertiary alicyclic amines) is 1. The van der Waals surface area contributed by atoms with E-state index in [0.717, 1.165) is 31.8 Å². The average molecular weight is 282 g/mol. The number of nitrogens with zero attached hydrogens (tertiary/aromatic N) is 2. The highest BCUT2D eigenvalue weighted by molar-refractivity contribution is 5.76. The van der Waals surface area contributed by atoms with Gasteiger partial charge >= 0.3 is 0 Å². The number of aliphatic hydroxyl groups excluding tert-OH is 1. The van der Waals surface area contributed by atoms with Crippen LogP contribution < -0.4 is 0 Å². The highest BCUT2D eigenvalue weighted by atomic mass is 16.3. The van der Waals surface area contributed by atoms with Gasteiger partial charge in [0.2, 0.25) is 5.91 Å². The number of hydrogen-bond donors (Lipinski definition) is 1. The van der Waals surface area contributed by atoms with Crippen LogP contribution in [0.15, 0.2) is 0 Å². The Hall–Kier alpha value is -0.610. The summed E-state index contributed by atoms with van der Waals surface area (Å²) in [5.74, 6) is 1.33. The lowest BCUT2D eigenvalue weighted by Crippen LogP contribution is -2.49. The second kappa shape index (κ2) is 7.41. The van der Waals surface area contributed by atoms with Gasteiger partial charge in [0, 0.05) is 32.0 Å². The summed E-state index contributed by atoms with van der Waals surface area (Å²) in [6, 6.07) is 0. The van der Waals surface area contributed by atoms with Gasteiger partial charge in [0.05, 0.1) is 6.10 Å². The first-order valence-corrected chi connectivity index (χ1v) is 8.17. The first-order chi connectivity index (χ1) is 9.56. The lowest BCUT2D eigenvalue weighted by Gasteiger charge is -2.37. The second-order valence-electron chi connectivity index (χ2n) is 6.91. The van der Waals surface area contributed by atoms with Gasteiger partial charge in [-0.25, -0.2) is 0 Å². The van der Waals surface area contributed by atoms with E-state index in [9.17, 15) is 9.90 Å². The molecule has 116 valence electrons. The maximum absolute atomic E-state index is 12.2. The molecule has 1 saturated carbocycles. The minimum Gasteiger partial charge on any atom is -0.391 e. The predicted octanol–water partition coefficient (Wildman–Crippen LogP) is 1.73. The maximum Gasteiger partial charge on any atom is 0.222 e. The van der Waals surface area contributed by atoms with Gasteiger partial charge in [0.25, 0.3) is 0 Å². The van der Waals surface area contributed by atoms with Crippen molar-refractivity contribution < 1.29 is 9.90 Å². The number of β-amino-alcohol motifs (C(OH)–C–C–N with tert-alkyl or cyclic N) is 1. The minimum absolute atomic E-state index is 0.249. The summed E-state index contributed by atoms with van der Waals surface area (Å²) in [7, 11) is 4.07. The molecule has 2 fully saturated rings. The highest BCUT2D eigenvalue weighted by Crippen LogP contribution is 2.29. The van der Waals surface area contributed by atoms with Crippen LogP contribution in [0, 0.1) is 11.8 Å². The third-order valence-corrected chi connectivity index (χ3v) is 4.91. The van der Waals surface area contributed by atoms with Crippen LogP contribution in [-0.2, 0) is 4.79 Å². The van der Waals surface area contributed by atoms with E-state index in [2.05, 4.69) is 4.90 Å². The molecule has 2 aliphatic rings. The summed E-state index contributed by atoms with van der Waals surface area (Å²) in [5.41, 5.74) is 0. The fourth-order valence-electron chi connectivity index (χ4n) is 3.67. The van der Waals surface area contributed by atoms with Crippen molar-refractivity contribution in [3.05, 3.63) is 0 Å². The zero-order valence-electron chi connectivity index (χ0n) is 13.1. The summed E-state index contributed by atoms with van der Waals surface area (Å²) < 4.78 is 0. The Labute approximate surface area is 123 Å². The number of amides is 1. The molecule has 1 heterocycles.